The van der Waals surface area contributed by atoms with Crippen molar-refractivity contribution >= 4 is 22.6 Å². The number of hydrogen-bond acceptors (Lipinski definition) is 6. The van der Waals surface area contributed by atoms with Crippen LogP contribution in [0.1, 0.15) is 16.2 Å². The largest absolute Gasteiger partial charge is 0.504 e. The van der Waals surface area contributed by atoms with Crippen molar-refractivity contribution in [2.45, 2.75) is 6.92 Å². The number of anilines is 1. The van der Waals surface area contributed by atoms with Crippen LogP contribution in [0.25, 0.3) is 0 Å². The highest BCUT2D eigenvalue weighted by molar-refractivity contribution is 7.09. The smallest absolute Gasteiger partial charge is 0.261 e. The Kier molecular flexibility index (Phi) is 2.92. The summed E-state index contributed by atoms with van der Waals surface area (Å²) in [5, 5.41) is 21.6. The zero-order chi connectivity index (χ0) is 12.4. The molecule has 0 saturated heterocycles. The summed E-state index contributed by atoms with van der Waals surface area (Å²) in [6.07, 6.45) is 0. The number of aromatic nitrogens is 2. The summed E-state index contributed by atoms with van der Waals surface area (Å²) in [6.45, 7) is 1.71. The first-order valence-electron chi connectivity index (χ1n) is 4.70. The molecule has 0 bridgehead atoms. The second kappa shape index (κ2) is 4.38. The van der Waals surface area contributed by atoms with Crippen LogP contribution in [0.2, 0.25) is 0 Å². The average molecular weight is 251 g/mol. The second-order valence-electron chi connectivity index (χ2n) is 3.27. The molecule has 3 N–H and O–H groups in total. The van der Waals surface area contributed by atoms with Gasteiger partial charge >= 0.3 is 0 Å². The van der Waals surface area contributed by atoms with Crippen molar-refractivity contribution < 1.29 is 15.0 Å². The molecule has 88 valence electrons. The van der Waals surface area contributed by atoms with Crippen molar-refractivity contribution in [2.24, 2.45) is 0 Å². The lowest BCUT2D eigenvalue weighted by Gasteiger charge is -2.04. The third-order valence-electron chi connectivity index (χ3n) is 2.01. The molecule has 6 nitrogen and oxygen atoms in total. The third kappa shape index (κ3) is 2.34. The minimum atomic E-state index is -0.547. The normalized spacial score (nSPS) is 10.2. The van der Waals surface area contributed by atoms with Gasteiger partial charge in [0.25, 0.3) is 5.91 Å². The van der Waals surface area contributed by atoms with Crippen LogP contribution in [0.5, 0.6) is 11.5 Å². The average Bonchev–Trinajstić information content (AvgIpc) is 2.68. The molecule has 0 atom stereocenters. The van der Waals surface area contributed by atoms with Crippen LogP contribution < -0.4 is 5.32 Å². The van der Waals surface area contributed by atoms with Crippen molar-refractivity contribution in [1.29, 1.82) is 0 Å². The van der Waals surface area contributed by atoms with Crippen LogP contribution in [-0.4, -0.2) is 25.5 Å². The highest BCUT2D eigenvalue weighted by Crippen LogP contribution is 2.28. The summed E-state index contributed by atoms with van der Waals surface area (Å²) < 4.78 is 3.91. The highest BCUT2D eigenvalue weighted by Gasteiger charge is 2.15. The summed E-state index contributed by atoms with van der Waals surface area (Å²) >= 11 is 1.05. The van der Waals surface area contributed by atoms with E-state index in [9.17, 15) is 15.0 Å². The zero-order valence-electron chi connectivity index (χ0n) is 8.84. The van der Waals surface area contributed by atoms with Gasteiger partial charge in [0.15, 0.2) is 11.5 Å². The fourth-order valence-electron chi connectivity index (χ4n) is 1.23. The van der Waals surface area contributed by atoms with Gasteiger partial charge in [-0.25, -0.2) is 4.98 Å². The van der Waals surface area contributed by atoms with E-state index in [-0.39, 0.29) is 11.3 Å². The monoisotopic (exact) mass is 251 g/mol. The van der Waals surface area contributed by atoms with Crippen LogP contribution in [0.4, 0.5) is 5.13 Å². The number of para-hydroxylation sites is 1. The van der Waals surface area contributed by atoms with Gasteiger partial charge in [-0.05, 0) is 19.1 Å². The molecule has 0 aliphatic heterocycles. The fraction of sp³-hybridized carbons (Fsp3) is 0.100. The van der Waals surface area contributed by atoms with Crippen molar-refractivity contribution in [3.63, 3.8) is 0 Å². The number of hydrogen-bond donors (Lipinski definition) is 3. The Bertz CT molecular complexity index is 568. The Morgan fingerprint density at radius 2 is 2.18 bits per heavy atom. The number of phenols is 2. The molecule has 1 aromatic heterocycles. The maximum Gasteiger partial charge on any atom is 0.261 e. The maximum absolute atomic E-state index is 11.8. The van der Waals surface area contributed by atoms with E-state index in [0.29, 0.717) is 11.0 Å². The first kappa shape index (κ1) is 11.3. The summed E-state index contributed by atoms with van der Waals surface area (Å²) in [7, 11) is 0. The van der Waals surface area contributed by atoms with Gasteiger partial charge in [-0.2, -0.15) is 4.37 Å². The maximum atomic E-state index is 11.8. The predicted octanol–water partition coefficient (Wildman–Crippen LogP) is 1.51. The van der Waals surface area contributed by atoms with Gasteiger partial charge in [-0.3, -0.25) is 10.1 Å². The van der Waals surface area contributed by atoms with Gasteiger partial charge in [0, 0.05) is 11.5 Å². The molecule has 0 spiro atoms. The van der Waals surface area contributed by atoms with Gasteiger partial charge in [0.05, 0.1) is 5.56 Å². The number of rotatable bonds is 2. The lowest BCUT2D eigenvalue weighted by atomic mass is 10.2. The number of carbonyl (C=O) groups excluding carboxylic acids is 1. The van der Waals surface area contributed by atoms with E-state index < -0.39 is 11.7 Å². The van der Waals surface area contributed by atoms with Crippen molar-refractivity contribution in [1.82, 2.24) is 9.36 Å². The first-order chi connectivity index (χ1) is 8.08. The van der Waals surface area contributed by atoms with Gasteiger partial charge < -0.3 is 10.2 Å². The van der Waals surface area contributed by atoms with Crippen LogP contribution in [0.3, 0.4) is 0 Å². The van der Waals surface area contributed by atoms with E-state index in [1.807, 2.05) is 0 Å². The fourth-order valence-corrected chi connectivity index (χ4v) is 1.80. The molecule has 0 saturated carbocycles. The van der Waals surface area contributed by atoms with E-state index in [2.05, 4.69) is 14.7 Å². The van der Waals surface area contributed by atoms with Gasteiger partial charge in [0.2, 0.25) is 5.13 Å². The molecule has 0 fully saturated rings. The van der Waals surface area contributed by atoms with E-state index in [4.69, 9.17) is 0 Å². The molecule has 0 aliphatic carbocycles. The van der Waals surface area contributed by atoms with Crippen LogP contribution in [0, 0.1) is 6.92 Å². The topological polar surface area (TPSA) is 95.3 Å². The number of amides is 1. The van der Waals surface area contributed by atoms with Crippen LogP contribution in [-0.2, 0) is 0 Å². The SMILES string of the molecule is Cc1nsc(NC(=O)c2cccc(O)c2O)n1. The number of aryl methyl sites for hydroxylation is 1. The standard InChI is InChI=1S/C10H9N3O3S/c1-5-11-10(17-13-5)12-9(16)6-3-2-4-7(14)8(6)15/h2-4,14-15H,1H3,(H,11,12,13,16). The molecule has 7 heteroatoms. The quantitative estimate of drug-likeness (QED) is 0.703. The lowest BCUT2D eigenvalue weighted by Crippen LogP contribution is -2.11. The molecule has 1 amide bonds. The van der Waals surface area contributed by atoms with E-state index in [1.54, 1.807) is 6.92 Å². The minimum Gasteiger partial charge on any atom is -0.504 e. The Hall–Kier alpha value is -2.15. The lowest BCUT2D eigenvalue weighted by molar-refractivity contribution is 0.102. The third-order valence-corrected chi connectivity index (χ3v) is 2.73. The molecular formula is C10H9N3O3S. The first-order valence-corrected chi connectivity index (χ1v) is 5.48. The Morgan fingerprint density at radius 3 is 2.82 bits per heavy atom. The van der Waals surface area contributed by atoms with Crippen LogP contribution >= 0.6 is 11.5 Å². The Labute approximate surface area is 101 Å². The molecule has 0 unspecified atom stereocenters. The van der Waals surface area contributed by atoms with Crippen molar-refractivity contribution in [3.8, 4) is 11.5 Å². The summed E-state index contributed by atoms with van der Waals surface area (Å²) in [4.78, 5) is 15.7. The molecular weight excluding hydrogens is 242 g/mol. The molecule has 0 aliphatic rings. The molecule has 2 rings (SSSR count). The minimum absolute atomic E-state index is 0.0159. The number of benzene rings is 1. The van der Waals surface area contributed by atoms with Crippen molar-refractivity contribution in [2.75, 3.05) is 5.32 Å². The predicted molar refractivity (Wildman–Crippen MR) is 62.4 cm³/mol. The van der Waals surface area contributed by atoms with E-state index >= 15 is 0 Å². The number of nitrogens with one attached hydrogen (secondary N) is 1. The molecule has 2 aromatic rings. The van der Waals surface area contributed by atoms with Gasteiger partial charge in [-0.1, -0.05) is 6.07 Å². The molecule has 0 radical (unpaired) electrons. The summed E-state index contributed by atoms with van der Waals surface area (Å²) in [5.41, 5.74) is -0.0159. The Balaban J connectivity index is 2.23. The zero-order valence-corrected chi connectivity index (χ0v) is 9.65. The number of aromatic hydroxyl groups is 2. The van der Waals surface area contributed by atoms with Crippen molar-refractivity contribution in [3.05, 3.63) is 29.6 Å². The highest BCUT2D eigenvalue weighted by atomic mass is 32.1. The summed E-state index contributed by atoms with van der Waals surface area (Å²) in [5.74, 6) is -0.780. The van der Waals surface area contributed by atoms with Crippen LogP contribution in [0.15, 0.2) is 18.2 Å². The molecule has 1 aromatic carbocycles. The van der Waals surface area contributed by atoms with E-state index in [0.717, 1.165) is 11.5 Å². The number of nitrogens with zero attached hydrogens (tertiary/aromatic N) is 2. The van der Waals surface area contributed by atoms with Gasteiger partial charge in [-0.15, -0.1) is 0 Å². The molecule has 17 heavy (non-hydrogen) atoms. The second-order valence-corrected chi connectivity index (χ2v) is 4.03. The summed E-state index contributed by atoms with van der Waals surface area (Å²) in [6, 6.07) is 4.16. The number of phenolic OH excluding ortho intramolecular Hbond substituents is 2. The molecule has 1 heterocycles. The number of carbonyl (C=O) groups is 1. The van der Waals surface area contributed by atoms with E-state index in [1.165, 1.54) is 18.2 Å². The Morgan fingerprint density at radius 1 is 1.41 bits per heavy atom. The van der Waals surface area contributed by atoms with Gasteiger partial charge in [0.1, 0.15) is 5.82 Å².